The highest BCUT2D eigenvalue weighted by Crippen LogP contribution is 2.18. The normalized spacial score (nSPS) is 11.2. The molecule has 0 saturated heterocycles. The van der Waals surface area contributed by atoms with Crippen LogP contribution in [0.2, 0.25) is 0 Å². The van der Waals surface area contributed by atoms with E-state index in [1.807, 2.05) is 32.0 Å². The number of ether oxygens (including phenoxy) is 2. The van der Waals surface area contributed by atoms with Crippen LogP contribution in [-0.2, 0) is 14.3 Å². The number of carbonyl (C=O) groups excluding carboxylic acids is 2. The molecule has 0 aliphatic carbocycles. The zero-order chi connectivity index (χ0) is 19.1. The number of nitrogens with zero attached hydrogens (tertiary/aromatic N) is 1. The molecule has 2 aromatic rings. The number of benzene rings is 2. The summed E-state index contributed by atoms with van der Waals surface area (Å²) in [6.07, 6.45) is -0.971. The molecule has 0 unspecified atom stereocenters. The monoisotopic (exact) mass is 352 g/mol. The Bertz CT molecular complexity index is 838. The highest BCUT2D eigenvalue weighted by molar-refractivity contribution is 5.95. The van der Waals surface area contributed by atoms with Crippen LogP contribution in [0.1, 0.15) is 23.6 Å². The third-order valence-corrected chi connectivity index (χ3v) is 3.63. The van der Waals surface area contributed by atoms with E-state index in [9.17, 15) is 9.59 Å². The summed E-state index contributed by atoms with van der Waals surface area (Å²) >= 11 is 0. The Kier molecular flexibility index (Phi) is 6.34. The molecule has 0 aliphatic heterocycles. The van der Waals surface area contributed by atoms with Gasteiger partial charge in [0, 0.05) is 5.69 Å². The number of nitrogens with one attached hydrogen (secondary N) is 1. The molecule has 0 aromatic heterocycles. The Labute approximate surface area is 152 Å². The molecular weight excluding hydrogens is 332 g/mol. The first kappa shape index (κ1) is 19.0. The van der Waals surface area contributed by atoms with E-state index in [-0.39, 0.29) is 6.61 Å². The lowest BCUT2D eigenvalue weighted by molar-refractivity contribution is -0.155. The van der Waals surface area contributed by atoms with Crippen molar-refractivity contribution in [3.63, 3.8) is 0 Å². The quantitative estimate of drug-likeness (QED) is 0.807. The third-order valence-electron chi connectivity index (χ3n) is 3.63. The standard InChI is InChI=1S/C20H20N2O4/c1-13-4-9-18(14(2)10-13)25-12-19(23)26-15(3)20(24)22-17-7-5-16(11-21)6-8-17/h4-10,15H,12H2,1-3H3,(H,22,24)/t15-/m1/s1. The summed E-state index contributed by atoms with van der Waals surface area (Å²) in [5.74, 6) is -0.496. The predicted octanol–water partition coefficient (Wildman–Crippen LogP) is 3.12. The van der Waals surface area contributed by atoms with Gasteiger partial charge in [-0.3, -0.25) is 4.79 Å². The van der Waals surface area contributed by atoms with Crippen LogP contribution in [0.3, 0.4) is 0 Å². The topological polar surface area (TPSA) is 88.4 Å². The average Bonchev–Trinajstić information content (AvgIpc) is 2.61. The van der Waals surface area contributed by atoms with E-state index in [1.165, 1.54) is 6.92 Å². The van der Waals surface area contributed by atoms with Crippen molar-refractivity contribution in [1.82, 2.24) is 0 Å². The second-order valence-corrected chi connectivity index (χ2v) is 5.87. The maximum absolute atomic E-state index is 12.1. The van der Waals surface area contributed by atoms with Crippen molar-refractivity contribution in [2.24, 2.45) is 0 Å². The molecule has 6 heteroatoms. The SMILES string of the molecule is Cc1ccc(OCC(=O)O[C@H](C)C(=O)Nc2ccc(C#N)cc2)c(C)c1. The van der Waals surface area contributed by atoms with E-state index in [4.69, 9.17) is 14.7 Å². The number of hydrogen-bond acceptors (Lipinski definition) is 5. The number of nitriles is 1. The lowest BCUT2D eigenvalue weighted by Gasteiger charge is -2.14. The number of amides is 1. The smallest absolute Gasteiger partial charge is 0.344 e. The van der Waals surface area contributed by atoms with E-state index in [2.05, 4.69) is 5.32 Å². The number of anilines is 1. The van der Waals surface area contributed by atoms with E-state index < -0.39 is 18.0 Å². The molecule has 0 heterocycles. The van der Waals surface area contributed by atoms with Gasteiger partial charge in [0.25, 0.3) is 5.91 Å². The summed E-state index contributed by atoms with van der Waals surface area (Å²) in [5.41, 5.74) is 3.03. The first-order valence-corrected chi connectivity index (χ1v) is 8.09. The zero-order valence-corrected chi connectivity index (χ0v) is 14.9. The molecule has 0 saturated carbocycles. The Morgan fingerprint density at radius 2 is 1.85 bits per heavy atom. The highest BCUT2D eigenvalue weighted by atomic mass is 16.6. The van der Waals surface area contributed by atoms with Gasteiger partial charge < -0.3 is 14.8 Å². The van der Waals surface area contributed by atoms with E-state index >= 15 is 0 Å². The summed E-state index contributed by atoms with van der Waals surface area (Å²) in [4.78, 5) is 24.0. The number of esters is 1. The first-order valence-electron chi connectivity index (χ1n) is 8.09. The zero-order valence-electron chi connectivity index (χ0n) is 14.9. The highest BCUT2D eigenvalue weighted by Gasteiger charge is 2.18. The van der Waals surface area contributed by atoms with Gasteiger partial charge in [0.05, 0.1) is 11.6 Å². The molecular formula is C20H20N2O4. The summed E-state index contributed by atoms with van der Waals surface area (Å²) in [6, 6.07) is 14.0. The van der Waals surface area contributed by atoms with Gasteiger partial charge in [-0.2, -0.15) is 5.26 Å². The van der Waals surface area contributed by atoms with Gasteiger partial charge in [-0.05, 0) is 56.7 Å². The number of carbonyl (C=O) groups is 2. The molecule has 2 aromatic carbocycles. The van der Waals surface area contributed by atoms with E-state index in [0.29, 0.717) is 17.0 Å². The second-order valence-electron chi connectivity index (χ2n) is 5.87. The fraction of sp³-hybridized carbons (Fsp3) is 0.250. The van der Waals surface area contributed by atoms with Crippen LogP contribution in [0.4, 0.5) is 5.69 Å². The largest absolute Gasteiger partial charge is 0.482 e. The number of rotatable bonds is 6. The van der Waals surface area contributed by atoms with Crippen LogP contribution >= 0.6 is 0 Å². The van der Waals surface area contributed by atoms with Gasteiger partial charge in [0.15, 0.2) is 12.7 Å². The molecule has 1 N–H and O–H groups in total. The van der Waals surface area contributed by atoms with Gasteiger partial charge in [0.1, 0.15) is 5.75 Å². The minimum absolute atomic E-state index is 0.279. The van der Waals surface area contributed by atoms with E-state index in [0.717, 1.165) is 11.1 Å². The first-order chi connectivity index (χ1) is 12.4. The fourth-order valence-corrected chi connectivity index (χ4v) is 2.25. The molecule has 0 bridgehead atoms. The minimum atomic E-state index is -0.971. The lowest BCUT2D eigenvalue weighted by atomic mass is 10.1. The van der Waals surface area contributed by atoms with Crippen LogP contribution in [-0.4, -0.2) is 24.6 Å². The van der Waals surface area contributed by atoms with Gasteiger partial charge >= 0.3 is 5.97 Å². The van der Waals surface area contributed by atoms with E-state index in [1.54, 1.807) is 30.3 Å². The molecule has 6 nitrogen and oxygen atoms in total. The summed E-state index contributed by atoms with van der Waals surface area (Å²) in [5, 5.41) is 11.4. The summed E-state index contributed by atoms with van der Waals surface area (Å²) in [6.45, 7) is 5.06. The average molecular weight is 352 g/mol. The van der Waals surface area contributed by atoms with Gasteiger partial charge in [-0.15, -0.1) is 0 Å². The minimum Gasteiger partial charge on any atom is -0.482 e. The Morgan fingerprint density at radius 1 is 1.15 bits per heavy atom. The van der Waals surface area contributed by atoms with Gasteiger partial charge in [-0.25, -0.2) is 4.79 Å². The van der Waals surface area contributed by atoms with Crippen LogP contribution in [0.25, 0.3) is 0 Å². The van der Waals surface area contributed by atoms with Gasteiger partial charge in [0.2, 0.25) is 0 Å². The summed E-state index contributed by atoms with van der Waals surface area (Å²) < 4.78 is 10.5. The third kappa shape index (κ3) is 5.35. The van der Waals surface area contributed by atoms with Crippen molar-refractivity contribution < 1.29 is 19.1 Å². The molecule has 1 atom stereocenters. The maximum Gasteiger partial charge on any atom is 0.344 e. The Morgan fingerprint density at radius 3 is 2.46 bits per heavy atom. The number of aryl methyl sites for hydroxylation is 2. The molecule has 1 amide bonds. The Balaban J connectivity index is 1.83. The molecule has 2 rings (SSSR count). The molecule has 0 spiro atoms. The maximum atomic E-state index is 12.1. The summed E-state index contributed by atoms with van der Waals surface area (Å²) in [7, 11) is 0. The fourth-order valence-electron chi connectivity index (χ4n) is 2.25. The lowest BCUT2D eigenvalue weighted by Crippen LogP contribution is -2.31. The van der Waals surface area contributed by atoms with Crippen LogP contribution in [0.5, 0.6) is 5.75 Å². The number of hydrogen-bond donors (Lipinski definition) is 1. The van der Waals surface area contributed by atoms with Crippen molar-refractivity contribution in [2.75, 3.05) is 11.9 Å². The molecule has 0 radical (unpaired) electrons. The van der Waals surface area contributed by atoms with Crippen molar-refractivity contribution in [2.45, 2.75) is 26.9 Å². The van der Waals surface area contributed by atoms with Crippen molar-refractivity contribution in [3.05, 3.63) is 59.2 Å². The second kappa shape index (κ2) is 8.67. The molecule has 134 valence electrons. The van der Waals surface area contributed by atoms with Crippen molar-refractivity contribution in [1.29, 1.82) is 5.26 Å². The van der Waals surface area contributed by atoms with Crippen LogP contribution in [0.15, 0.2) is 42.5 Å². The van der Waals surface area contributed by atoms with Crippen molar-refractivity contribution in [3.8, 4) is 11.8 Å². The molecule has 0 aliphatic rings. The molecule has 26 heavy (non-hydrogen) atoms. The van der Waals surface area contributed by atoms with Crippen LogP contribution < -0.4 is 10.1 Å². The van der Waals surface area contributed by atoms with Crippen LogP contribution in [0, 0.1) is 25.2 Å². The van der Waals surface area contributed by atoms with Crippen molar-refractivity contribution >= 4 is 17.6 Å². The Hall–Kier alpha value is -3.33. The predicted molar refractivity (Wildman–Crippen MR) is 96.8 cm³/mol. The molecule has 0 fully saturated rings. The van der Waals surface area contributed by atoms with Gasteiger partial charge in [-0.1, -0.05) is 17.7 Å².